The van der Waals surface area contributed by atoms with Crippen molar-refractivity contribution in [3.8, 4) is 0 Å². The van der Waals surface area contributed by atoms with Crippen LogP contribution >= 0.6 is 22.9 Å². The lowest BCUT2D eigenvalue weighted by Gasteiger charge is -2.01. The van der Waals surface area contributed by atoms with Crippen molar-refractivity contribution in [2.75, 3.05) is 5.32 Å². The standard InChI is InChI=1S/C9H8ClNO3S/c10-6-3-4-7(15-6)11-9(13)14-8(12)5-1-2-5/h3-5H,1-2H2,(H,11,13). The predicted molar refractivity (Wildman–Crippen MR) is 57.2 cm³/mol. The van der Waals surface area contributed by atoms with Crippen LogP contribution in [0.15, 0.2) is 12.1 Å². The highest BCUT2D eigenvalue weighted by Gasteiger charge is 2.32. The van der Waals surface area contributed by atoms with Crippen LogP contribution in [0, 0.1) is 5.92 Å². The third-order valence-corrected chi connectivity index (χ3v) is 3.05. The molecular formula is C9H8ClNO3S. The fourth-order valence-electron chi connectivity index (χ4n) is 1.00. The minimum atomic E-state index is -0.745. The molecule has 1 aliphatic rings. The second kappa shape index (κ2) is 4.20. The molecule has 0 aliphatic heterocycles. The largest absolute Gasteiger partial charge is 0.420 e. The van der Waals surface area contributed by atoms with Crippen LogP contribution in [-0.4, -0.2) is 12.1 Å². The second-order valence-corrected chi connectivity index (χ2v) is 4.93. The number of nitrogens with one attached hydrogen (secondary N) is 1. The first-order valence-corrected chi connectivity index (χ1v) is 5.62. The van der Waals surface area contributed by atoms with E-state index in [-0.39, 0.29) is 5.92 Å². The molecule has 1 aromatic heterocycles. The molecule has 80 valence electrons. The summed E-state index contributed by atoms with van der Waals surface area (Å²) in [5.74, 6) is -0.530. The normalized spacial score (nSPS) is 14.7. The Morgan fingerprint density at radius 1 is 1.47 bits per heavy atom. The summed E-state index contributed by atoms with van der Waals surface area (Å²) >= 11 is 6.88. The van der Waals surface area contributed by atoms with Gasteiger partial charge in [-0.1, -0.05) is 11.6 Å². The molecule has 1 N–H and O–H groups in total. The molecule has 1 aliphatic carbocycles. The van der Waals surface area contributed by atoms with Crippen LogP contribution in [0.5, 0.6) is 0 Å². The molecule has 1 amide bonds. The third-order valence-electron chi connectivity index (χ3n) is 1.90. The SMILES string of the molecule is O=C(Nc1ccc(Cl)s1)OC(=O)C1CC1. The van der Waals surface area contributed by atoms with Gasteiger partial charge in [0.25, 0.3) is 0 Å². The minimum absolute atomic E-state index is 0.0809. The molecule has 0 unspecified atom stereocenters. The number of carbonyl (C=O) groups excluding carboxylic acids is 2. The van der Waals surface area contributed by atoms with E-state index in [9.17, 15) is 9.59 Å². The van der Waals surface area contributed by atoms with Crippen LogP contribution in [0.2, 0.25) is 4.34 Å². The molecule has 0 radical (unpaired) electrons. The number of esters is 1. The Morgan fingerprint density at radius 2 is 2.20 bits per heavy atom. The summed E-state index contributed by atoms with van der Waals surface area (Å²) in [6.45, 7) is 0. The topological polar surface area (TPSA) is 55.4 Å². The Labute approximate surface area is 95.2 Å². The van der Waals surface area contributed by atoms with Crippen molar-refractivity contribution in [2.45, 2.75) is 12.8 Å². The summed E-state index contributed by atoms with van der Waals surface area (Å²) in [5, 5.41) is 2.99. The maximum absolute atomic E-state index is 11.2. The monoisotopic (exact) mass is 245 g/mol. The maximum Gasteiger partial charge on any atom is 0.420 e. The Hall–Kier alpha value is -1.07. The summed E-state index contributed by atoms with van der Waals surface area (Å²) in [6.07, 6.45) is 0.888. The average Bonchev–Trinajstić information content (AvgIpc) is 2.92. The highest BCUT2D eigenvalue weighted by molar-refractivity contribution is 7.20. The first-order valence-electron chi connectivity index (χ1n) is 4.43. The van der Waals surface area contributed by atoms with Gasteiger partial charge in [-0.3, -0.25) is 10.1 Å². The van der Waals surface area contributed by atoms with Gasteiger partial charge in [-0.2, -0.15) is 0 Å². The van der Waals surface area contributed by atoms with Gasteiger partial charge in [0.05, 0.1) is 15.3 Å². The van der Waals surface area contributed by atoms with E-state index in [1.165, 1.54) is 11.3 Å². The van der Waals surface area contributed by atoms with Crippen molar-refractivity contribution < 1.29 is 14.3 Å². The van der Waals surface area contributed by atoms with Gasteiger partial charge >= 0.3 is 12.1 Å². The maximum atomic E-state index is 11.2. The van der Waals surface area contributed by atoms with E-state index in [1.54, 1.807) is 12.1 Å². The smallest absolute Gasteiger partial charge is 0.376 e. The van der Waals surface area contributed by atoms with Crippen LogP contribution in [0.1, 0.15) is 12.8 Å². The molecule has 1 heterocycles. The molecule has 0 aromatic carbocycles. The number of rotatable bonds is 2. The molecule has 2 rings (SSSR count). The molecule has 1 aromatic rings. The van der Waals surface area contributed by atoms with E-state index < -0.39 is 12.1 Å². The summed E-state index contributed by atoms with van der Waals surface area (Å²) in [4.78, 5) is 22.3. The molecule has 1 saturated carbocycles. The number of amides is 1. The lowest BCUT2D eigenvalue weighted by Crippen LogP contribution is -2.18. The van der Waals surface area contributed by atoms with Gasteiger partial charge in [0.1, 0.15) is 0 Å². The van der Waals surface area contributed by atoms with E-state index in [2.05, 4.69) is 10.1 Å². The van der Waals surface area contributed by atoms with Crippen LogP contribution < -0.4 is 5.32 Å². The number of anilines is 1. The van der Waals surface area contributed by atoms with E-state index in [1.807, 2.05) is 0 Å². The highest BCUT2D eigenvalue weighted by atomic mass is 35.5. The fourth-order valence-corrected chi connectivity index (χ4v) is 1.93. The lowest BCUT2D eigenvalue weighted by atomic mass is 10.4. The molecular weight excluding hydrogens is 238 g/mol. The first kappa shape index (κ1) is 10.4. The Bertz CT molecular complexity index is 400. The Morgan fingerprint density at radius 3 is 2.73 bits per heavy atom. The summed E-state index contributed by atoms with van der Waals surface area (Å²) in [6, 6.07) is 3.31. The highest BCUT2D eigenvalue weighted by Crippen LogP contribution is 2.30. The van der Waals surface area contributed by atoms with Gasteiger partial charge in [-0.25, -0.2) is 4.79 Å². The van der Waals surface area contributed by atoms with Crippen molar-refractivity contribution in [3.63, 3.8) is 0 Å². The van der Waals surface area contributed by atoms with Gasteiger partial charge in [-0.15, -0.1) is 11.3 Å². The minimum Gasteiger partial charge on any atom is -0.376 e. The van der Waals surface area contributed by atoms with Crippen molar-refractivity contribution >= 4 is 40.0 Å². The van der Waals surface area contributed by atoms with E-state index >= 15 is 0 Å². The molecule has 15 heavy (non-hydrogen) atoms. The zero-order valence-electron chi connectivity index (χ0n) is 7.66. The lowest BCUT2D eigenvalue weighted by molar-refractivity contribution is -0.138. The van der Waals surface area contributed by atoms with Crippen LogP contribution in [0.4, 0.5) is 9.80 Å². The number of hydrogen-bond acceptors (Lipinski definition) is 4. The van der Waals surface area contributed by atoms with Crippen molar-refractivity contribution in [1.82, 2.24) is 0 Å². The summed E-state index contributed by atoms with van der Waals surface area (Å²) < 4.78 is 5.13. The second-order valence-electron chi connectivity index (χ2n) is 3.21. The van der Waals surface area contributed by atoms with Crippen molar-refractivity contribution in [3.05, 3.63) is 16.5 Å². The van der Waals surface area contributed by atoms with Crippen LogP contribution in [-0.2, 0) is 9.53 Å². The number of halogens is 1. The number of ether oxygens (including phenoxy) is 1. The zero-order valence-corrected chi connectivity index (χ0v) is 9.23. The Balaban J connectivity index is 1.84. The molecule has 4 nitrogen and oxygen atoms in total. The molecule has 6 heteroatoms. The average molecular weight is 246 g/mol. The van der Waals surface area contributed by atoms with Crippen LogP contribution in [0.3, 0.4) is 0 Å². The van der Waals surface area contributed by atoms with Crippen molar-refractivity contribution in [2.24, 2.45) is 5.92 Å². The quantitative estimate of drug-likeness (QED) is 0.644. The first-order chi connectivity index (χ1) is 7.15. The van der Waals surface area contributed by atoms with E-state index in [0.29, 0.717) is 9.34 Å². The molecule has 1 fully saturated rings. The molecule has 0 spiro atoms. The number of carbonyl (C=O) groups is 2. The van der Waals surface area contributed by atoms with E-state index in [4.69, 9.17) is 11.6 Å². The van der Waals surface area contributed by atoms with Crippen LogP contribution in [0.25, 0.3) is 0 Å². The van der Waals surface area contributed by atoms with Gasteiger partial charge < -0.3 is 4.74 Å². The fraction of sp³-hybridized carbons (Fsp3) is 0.333. The molecule has 0 saturated heterocycles. The van der Waals surface area contributed by atoms with Crippen molar-refractivity contribution in [1.29, 1.82) is 0 Å². The third kappa shape index (κ3) is 2.94. The van der Waals surface area contributed by atoms with Gasteiger partial charge in [-0.05, 0) is 25.0 Å². The number of hydrogen-bond donors (Lipinski definition) is 1. The van der Waals surface area contributed by atoms with Gasteiger partial charge in [0.2, 0.25) is 0 Å². The number of thiophene rings is 1. The van der Waals surface area contributed by atoms with Gasteiger partial charge in [0.15, 0.2) is 0 Å². The summed E-state index contributed by atoms with van der Waals surface area (Å²) in [7, 11) is 0. The molecule has 0 atom stereocenters. The van der Waals surface area contributed by atoms with E-state index in [0.717, 1.165) is 12.8 Å². The Kier molecular flexibility index (Phi) is 2.93. The predicted octanol–water partition coefficient (Wildman–Crippen LogP) is 2.89. The zero-order chi connectivity index (χ0) is 10.8. The van der Waals surface area contributed by atoms with Gasteiger partial charge in [0, 0.05) is 0 Å². The molecule has 0 bridgehead atoms. The summed E-state index contributed by atoms with van der Waals surface area (Å²) in [5.41, 5.74) is 0.